The Morgan fingerprint density at radius 2 is 1.80 bits per heavy atom. The second-order valence-corrected chi connectivity index (χ2v) is 5.37. The maximum Gasteiger partial charge on any atom is 0.178 e. The summed E-state index contributed by atoms with van der Waals surface area (Å²) in [5.74, 6) is 0.150. The number of benzene rings is 1. The second kappa shape index (κ2) is 5.02. The predicted octanol–water partition coefficient (Wildman–Crippen LogP) is 2.66. The van der Waals surface area contributed by atoms with E-state index in [4.69, 9.17) is 0 Å². The first kappa shape index (κ1) is 11.8. The third-order valence-electron chi connectivity index (χ3n) is 2.07. The van der Waals surface area contributed by atoms with Crippen molar-refractivity contribution < 1.29 is 8.42 Å². The van der Waals surface area contributed by atoms with E-state index in [0.29, 0.717) is 6.42 Å². The molecule has 0 heterocycles. The lowest BCUT2D eigenvalue weighted by atomic mass is 10.3. The van der Waals surface area contributed by atoms with Crippen LogP contribution in [0.1, 0.15) is 19.8 Å². The van der Waals surface area contributed by atoms with Crippen LogP contribution in [0, 0.1) is 4.91 Å². The topological polar surface area (TPSA) is 63.6 Å². The van der Waals surface area contributed by atoms with Gasteiger partial charge >= 0.3 is 0 Å². The van der Waals surface area contributed by atoms with Gasteiger partial charge in [0.1, 0.15) is 5.69 Å². The highest BCUT2D eigenvalue weighted by Crippen LogP contribution is 2.17. The lowest BCUT2D eigenvalue weighted by molar-refractivity contribution is 0.592. The van der Waals surface area contributed by atoms with Gasteiger partial charge in [0.2, 0.25) is 0 Å². The van der Waals surface area contributed by atoms with Crippen LogP contribution in [0.15, 0.2) is 34.3 Å². The van der Waals surface area contributed by atoms with E-state index in [9.17, 15) is 13.3 Å². The minimum atomic E-state index is -3.19. The van der Waals surface area contributed by atoms with Gasteiger partial charge in [-0.2, -0.15) is 0 Å². The monoisotopic (exact) mass is 227 g/mol. The molecule has 0 unspecified atom stereocenters. The van der Waals surface area contributed by atoms with Crippen molar-refractivity contribution >= 4 is 15.5 Å². The number of hydrogen-bond donors (Lipinski definition) is 0. The lowest BCUT2D eigenvalue weighted by Gasteiger charge is -2.02. The molecule has 82 valence electrons. The molecule has 0 aliphatic rings. The minimum Gasteiger partial charge on any atom is -0.224 e. The van der Waals surface area contributed by atoms with E-state index in [1.54, 1.807) is 0 Å². The summed E-state index contributed by atoms with van der Waals surface area (Å²) in [7, 11) is -3.19. The molecule has 1 aromatic carbocycles. The molecule has 4 nitrogen and oxygen atoms in total. The zero-order chi connectivity index (χ0) is 11.3. The highest BCUT2D eigenvalue weighted by Gasteiger charge is 2.12. The van der Waals surface area contributed by atoms with Gasteiger partial charge in [0.05, 0.1) is 10.6 Å². The Morgan fingerprint density at radius 1 is 1.20 bits per heavy atom. The maximum absolute atomic E-state index is 11.7. The SMILES string of the molecule is CCCCS(=O)(=O)c1ccc(N=O)cc1. The Kier molecular flexibility index (Phi) is 3.96. The van der Waals surface area contributed by atoms with E-state index < -0.39 is 9.84 Å². The summed E-state index contributed by atoms with van der Waals surface area (Å²) in [4.78, 5) is 10.4. The molecule has 0 atom stereocenters. The van der Waals surface area contributed by atoms with Gasteiger partial charge in [-0.05, 0) is 35.9 Å². The Hall–Kier alpha value is -1.23. The number of hydrogen-bond acceptors (Lipinski definition) is 4. The van der Waals surface area contributed by atoms with E-state index >= 15 is 0 Å². The van der Waals surface area contributed by atoms with E-state index in [0.717, 1.165) is 6.42 Å². The molecule has 0 aliphatic carbocycles. The first-order valence-electron chi connectivity index (χ1n) is 4.76. The van der Waals surface area contributed by atoms with Crippen LogP contribution in [0.3, 0.4) is 0 Å². The van der Waals surface area contributed by atoms with Crippen molar-refractivity contribution in [3.8, 4) is 0 Å². The van der Waals surface area contributed by atoms with Crippen LogP contribution in [0.2, 0.25) is 0 Å². The fourth-order valence-corrected chi connectivity index (χ4v) is 2.62. The fraction of sp³-hybridized carbons (Fsp3) is 0.400. The fourth-order valence-electron chi connectivity index (χ4n) is 1.17. The summed E-state index contributed by atoms with van der Waals surface area (Å²) in [5.41, 5.74) is 0.240. The van der Waals surface area contributed by atoms with Crippen molar-refractivity contribution in [2.45, 2.75) is 24.7 Å². The molecule has 15 heavy (non-hydrogen) atoms. The highest BCUT2D eigenvalue weighted by molar-refractivity contribution is 7.91. The van der Waals surface area contributed by atoms with Crippen molar-refractivity contribution in [3.63, 3.8) is 0 Å². The van der Waals surface area contributed by atoms with Crippen LogP contribution in [-0.4, -0.2) is 14.2 Å². The largest absolute Gasteiger partial charge is 0.224 e. The lowest BCUT2D eigenvalue weighted by Crippen LogP contribution is -2.06. The number of rotatable bonds is 5. The average molecular weight is 227 g/mol. The quantitative estimate of drug-likeness (QED) is 0.726. The molecule has 0 amide bonds. The molecular formula is C10H13NO3S. The molecule has 0 saturated heterocycles. The summed E-state index contributed by atoms with van der Waals surface area (Å²) in [6.07, 6.45) is 1.49. The van der Waals surface area contributed by atoms with Crippen molar-refractivity contribution in [1.82, 2.24) is 0 Å². The molecular weight excluding hydrogens is 214 g/mol. The second-order valence-electron chi connectivity index (χ2n) is 3.26. The van der Waals surface area contributed by atoms with Gasteiger partial charge in [0, 0.05) is 0 Å². The Morgan fingerprint density at radius 3 is 2.27 bits per heavy atom. The molecule has 0 fully saturated rings. The van der Waals surface area contributed by atoms with Crippen LogP contribution in [0.25, 0.3) is 0 Å². The van der Waals surface area contributed by atoms with E-state index in [-0.39, 0.29) is 16.3 Å². The van der Waals surface area contributed by atoms with E-state index in [1.165, 1.54) is 24.3 Å². The number of nitroso groups, excluding NO2 is 1. The van der Waals surface area contributed by atoms with Crippen molar-refractivity contribution in [3.05, 3.63) is 29.2 Å². The molecule has 0 bridgehead atoms. The van der Waals surface area contributed by atoms with Gasteiger partial charge in [-0.15, -0.1) is 4.91 Å². The van der Waals surface area contributed by atoms with Crippen LogP contribution in [-0.2, 0) is 9.84 Å². The molecule has 0 N–H and O–H groups in total. The first-order valence-corrected chi connectivity index (χ1v) is 6.41. The summed E-state index contributed by atoms with van der Waals surface area (Å²) < 4.78 is 23.4. The van der Waals surface area contributed by atoms with Gasteiger partial charge in [-0.3, -0.25) is 0 Å². The van der Waals surface area contributed by atoms with Gasteiger partial charge < -0.3 is 0 Å². The van der Waals surface area contributed by atoms with Gasteiger partial charge in [0.25, 0.3) is 0 Å². The highest BCUT2D eigenvalue weighted by atomic mass is 32.2. The third-order valence-corrected chi connectivity index (χ3v) is 3.88. The third kappa shape index (κ3) is 3.13. The van der Waals surface area contributed by atoms with E-state index in [2.05, 4.69) is 5.18 Å². The van der Waals surface area contributed by atoms with E-state index in [1.807, 2.05) is 6.92 Å². The predicted molar refractivity (Wildman–Crippen MR) is 58.9 cm³/mol. The van der Waals surface area contributed by atoms with Crippen molar-refractivity contribution in [2.75, 3.05) is 5.75 Å². The molecule has 0 aromatic heterocycles. The molecule has 0 radical (unpaired) electrons. The van der Waals surface area contributed by atoms with Crippen LogP contribution in [0.5, 0.6) is 0 Å². The smallest absolute Gasteiger partial charge is 0.178 e. The summed E-state index contributed by atoms with van der Waals surface area (Å²) in [6, 6.07) is 5.65. The van der Waals surface area contributed by atoms with Crippen LogP contribution >= 0.6 is 0 Å². The number of nitrogens with zero attached hydrogens (tertiary/aromatic N) is 1. The normalized spacial score (nSPS) is 11.3. The molecule has 1 rings (SSSR count). The summed E-state index contributed by atoms with van der Waals surface area (Å²) in [5, 5.41) is 2.71. The van der Waals surface area contributed by atoms with Crippen LogP contribution in [0.4, 0.5) is 5.69 Å². The number of sulfone groups is 1. The van der Waals surface area contributed by atoms with Crippen molar-refractivity contribution in [2.24, 2.45) is 5.18 Å². The average Bonchev–Trinajstić information content (AvgIpc) is 2.26. The summed E-state index contributed by atoms with van der Waals surface area (Å²) >= 11 is 0. The molecule has 0 aliphatic heterocycles. The Bertz CT molecular complexity index is 422. The van der Waals surface area contributed by atoms with Crippen LogP contribution < -0.4 is 0 Å². The number of unbranched alkanes of at least 4 members (excludes halogenated alkanes) is 1. The van der Waals surface area contributed by atoms with Gasteiger partial charge in [-0.1, -0.05) is 13.3 Å². The summed E-state index contributed by atoms with van der Waals surface area (Å²) in [6.45, 7) is 1.94. The molecule has 1 aromatic rings. The van der Waals surface area contributed by atoms with Gasteiger partial charge in [-0.25, -0.2) is 8.42 Å². The molecule has 0 spiro atoms. The Labute approximate surface area is 89.2 Å². The molecule has 0 saturated carbocycles. The Balaban J connectivity index is 2.90. The van der Waals surface area contributed by atoms with Crippen molar-refractivity contribution in [1.29, 1.82) is 0 Å². The first-order chi connectivity index (χ1) is 7.10. The van der Waals surface area contributed by atoms with Gasteiger partial charge in [0.15, 0.2) is 9.84 Å². The zero-order valence-corrected chi connectivity index (χ0v) is 9.33. The molecule has 5 heteroatoms. The zero-order valence-electron chi connectivity index (χ0n) is 8.51. The minimum absolute atomic E-state index is 0.150. The standard InChI is InChI=1S/C10H13NO3S/c1-2-3-8-15(13,14)10-6-4-9(11-12)5-7-10/h4-7H,2-3,8H2,1H3. The maximum atomic E-state index is 11.7.